The lowest BCUT2D eigenvalue weighted by molar-refractivity contribution is -0.122. The number of nitrogens with zero attached hydrogens (tertiary/aromatic N) is 3. The summed E-state index contributed by atoms with van der Waals surface area (Å²) in [5.74, 6) is -0.327. The van der Waals surface area contributed by atoms with E-state index in [-0.39, 0.29) is 17.1 Å². The van der Waals surface area contributed by atoms with Crippen molar-refractivity contribution in [3.8, 4) is 0 Å². The van der Waals surface area contributed by atoms with Crippen molar-refractivity contribution in [1.29, 1.82) is 0 Å². The zero-order valence-corrected chi connectivity index (χ0v) is 20.0. The fourth-order valence-corrected chi connectivity index (χ4v) is 6.35. The second-order valence-corrected chi connectivity index (χ2v) is 11.6. The van der Waals surface area contributed by atoms with Gasteiger partial charge >= 0.3 is 23.5 Å². The number of nitrogens with one attached hydrogen (secondary N) is 2. The first-order valence-corrected chi connectivity index (χ1v) is 13.7. The Bertz CT molecular complexity index is 1300. The Morgan fingerprint density at radius 2 is 1.94 bits per heavy atom. The van der Waals surface area contributed by atoms with Crippen molar-refractivity contribution in [2.24, 2.45) is 0 Å². The summed E-state index contributed by atoms with van der Waals surface area (Å²) < 4.78 is 67.8. The normalized spacial score (nSPS) is 28.7. The van der Waals surface area contributed by atoms with E-state index >= 15 is 4.39 Å². The van der Waals surface area contributed by atoms with E-state index in [1.165, 1.54) is 7.05 Å². The zero-order valence-electron chi connectivity index (χ0n) is 17.4. The fraction of sp³-hybridized carbons (Fsp3) is 0.583. The third-order valence-corrected chi connectivity index (χ3v) is 8.34. The lowest BCUT2D eigenvalue weighted by Gasteiger charge is -2.31. The second-order valence-electron chi connectivity index (χ2n) is 7.13. The zero-order chi connectivity index (χ0) is 26.4. The number of aliphatic hydroxyl groups excluding tert-OH is 1. The molecule has 23 heteroatoms. The quantitative estimate of drug-likeness (QED) is 0.147. The van der Waals surface area contributed by atoms with Gasteiger partial charge in [-0.2, -0.15) is 13.6 Å². The van der Waals surface area contributed by atoms with Gasteiger partial charge in [-0.05, 0) is 7.05 Å². The predicted octanol–water partition coefficient (Wildman–Crippen LogP) is -1.77. The predicted molar refractivity (Wildman–Crippen MR) is 110 cm³/mol. The van der Waals surface area contributed by atoms with Gasteiger partial charge in [0, 0.05) is 6.54 Å². The van der Waals surface area contributed by atoms with Crippen molar-refractivity contribution in [2.75, 3.05) is 25.9 Å². The standard InChI is InChI=1S/C12H20FN6O13P3/c1-15-2-12(3-29-34(25,26)32-35(27,28)31-33(22,23)24)7(20)5(13)10(30-12)19-4-16-6-8(19)17-11(14)18-9(6)21/h4-5,7,10,15,20H,2-3H2,1H3,(H,25,26)(H,27,28)(H2,22,23,24)(H3,14,17,18,21). The number of phosphoric ester groups is 1. The highest BCUT2D eigenvalue weighted by Gasteiger charge is 2.57. The molecule has 3 rings (SSSR count). The van der Waals surface area contributed by atoms with E-state index < -0.39 is 66.3 Å². The van der Waals surface area contributed by atoms with E-state index in [1.54, 1.807) is 0 Å². The van der Waals surface area contributed by atoms with Crippen LogP contribution in [0, 0.1) is 0 Å². The number of halogens is 1. The van der Waals surface area contributed by atoms with Crippen LogP contribution in [-0.2, 0) is 31.6 Å². The third-order valence-electron chi connectivity index (χ3n) is 4.56. The minimum absolute atomic E-state index is 0.209. The number of alkyl halides is 1. The molecular weight excluding hydrogens is 548 g/mol. The highest BCUT2D eigenvalue weighted by molar-refractivity contribution is 7.66. The number of aromatic nitrogens is 4. The molecule has 198 valence electrons. The molecule has 0 aliphatic carbocycles. The van der Waals surface area contributed by atoms with Crippen LogP contribution in [0.3, 0.4) is 0 Å². The summed E-state index contributed by atoms with van der Waals surface area (Å²) >= 11 is 0. The van der Waals surface area contributed by atoms with Crippen LogP contribution in [0.25, 0.3) is 11.2 Å². The fourth-order valence-electron chi connectivity index (χ4n) is 3.27. The van der Waals surface area contributed by atoms with Gasteiger partial charge in [-0.15, -0.1) is 0 Å². The number of phosphoric acid groups is 3. The van der Waals surface area contributed by atoms with E-state index in [0.717, 1.165) is 10.9 Å². The molecule has 6 unspecified atom stereocenters. The Labute approximate surface area is 193 Å². The summed E-state index contributed by atoms with van der Waals surface area (Å²) in [6, 6.07) is 0. The van der Waals surface area contributed by atoms with E-state index in [9.17, 15) is 33.4 Å². The van der Waals surface area contributed by atoms with E-state index in [4.69, 9.17) is 20.3 Å². The molecule has 0 aromatic carbocycles. The summed E-state index contributed by atoms with van der Waals surface area (Å²) in [6.45, 7) is -1.58. The molecule has 1 fully saturated rings. The molecule has 9 N–H and O–H groups in total. The maximum absolute atomic E-state index is 15.2. The summed E-state index contributed by atoms with van der Waals surface area (Å²) in [5.41, 5.74) is 2.17. The monoisotopic (exact) mass is 568 g/mol. The van der Waals surface area contributed by atoms with Crippen LogP contribution in [0.15, 0.2) is 11.1 Å². The van der Waals surface area contributed by atoms with Gasteiger partial charge in [-0.25, -0.2) is 23.1 Å². The molecule has 3 heterocycles. The average molecular weight is 568 g/mol. The number of nitrogens with two attached hydrogens (primary N) is 1. The Morgan fingerprint density at radius 1 is 1.29 bits per heavy atom. The van der Waals surface area contributed by atoms with Crippen LogP contribution in [0.1, 0.15) is 6.23 Å². The molecule has 19 nitrogen and oxygen atoms in total. The molecule has 0 saturated carbocycles. The lowest BCUT2D eigenvalue weighted by Crippen LogP contribution is -2.52. The lowest BCUT2D eigenvalue weighted by atomic mass is 9.96. The van der Waals surface area contributed by atoms with Gasteiger partial charge in [0.05, 0.1) is 12.9 Å². The van der Waals surface area contributed by atoms with Crippen LogP contribution in [0.2, 0.25) is 0 Å². The van der Waals surface area contributed by atoms with Crippen molar-refractivity contribution in [3.05, 3.63) is 16.7 Å². The van der Waals surface area contributed by atoms with Crippen molar-refractivity contribution >= 4 is 40.6 Å². The van der Waals surface area contributed by atoms with Crippen molar-refractivity contribution < 1.29 is 60.6 Å². The first-order valence-electron chi connectivity index (χ1n) is 9.14. The molecule has 1 aliphatic heterocycles. The maximum atomic E-state index is 15.2. The SMILES string of the molecule is CNCC1(COP(=O)(O)OP(=O)(O)OP(=O)(O)O)OC(n2cnc3c(=O)[nH]c(N)nc32)C(F)C1O. The summed E-state index contributed by atoms with van der Waals surface area (Å²) in [5, 5.41) is 13.1. The van der Waals surface area contributed by atoms with Crippen molar-refractivity contribution in [2.45, 2.75) is 24.1 Å². The topological polar surface area (TPSA) is 291 Å². The number of rotatable bonds is 10. The smallest absolute Gasteiger partial charge is 0.387 e. The van der Waals surface area contributed by atoms with Crippen LogP contribution in [0.4, 0.5) is 10.3 Å². The minimum Gasteiger partial charge on any atom is -0.387 e. The second kappa shape index (κ2) is 9.68. The minimum atomic E-state index is -5.81. The maximum Gasteiger partial charge on any atom is 0.490 e. The number of hydrogen-bond donors (Lipinski definition) is 8. The van der Waals surface area contributed by atoms with E-state index in [0.29, 0.717) is 0 Å². The first kappa shape index (κ1) is 27.9. The molecule has 6 atom stereocenters. The van der Waals surface area contributed by atoms with Gasteiger partial charge in [0.15, 0.2) is 23.6 Å². The number of aliphatic hydroxyl groups is 1. The Balaban J connectivity index is 1.87. The largest absolute Gasteiger partial charge is 0.490 e. The average Bonchev–Trinajstić information content (AvgIpc) is 3.19. The van der Waals surface area contributed by atoms with Gasteiger partial charge in [0.2, 0.25) is 5.95 Å². The van der Waals surface area contributed by atoms with Gasteiger partial charge in [-0.3, -0.25) is 18.9 Å². The number of nitrogen functional groups attached to an aromatic ring is 1. The summed E-state index contributed by atoms with van der Waals surface area (Å²) in [4.78, 5) is 57.9. The molecule has 2 aromatic heterocycles. The van der Waals surface area contributed by atoms with Crippen LogP contribution < -0.4 is 16.6 Å². The summed E-state index contributed by atoms with van der Waals surface area (Å²) in [7, 11) is -15.7. The molecule has 1 aliphatic rings. The number of anilines is 1. The molecule has 0 spiro atoms. The van der Waals surface area contributed by atoms with Gasteiger partial charge in [-0.1, -0.05) is 0 Å². The number of aromatic amines is 1. The Hall–Kier alpha value is -1.63. The number of H-pyrrole nitrogens is 1. The van der Waals surface area contributed by atoms with Gasteiger partial charge in [0.1, 0.15) is 11.7 Å². The molecular formula is C12H20FN6O13P3. The molecule has 0 radical (unpaired) electrons. The van der Waals surface area contributed by atoms with Crippen LogP contribution in [0.5, 0.6) is 0 Å². The van der Waals surface area contributed by atoms with Crippen molar-refractivity contribution in [1.82, 2.24) is 24.8 Å². The van der Waals surface area contributed by atoms with Gasteiger partial charge in [0.25, 0.3) is 5.56 Å². The van der Waals surface area contributed by atoms with E-state index in [2.05, 4.69) is 33.4 Å². The Kier molecular flexibility index (Phi) is 7.73. The van der Waals surface area contributed by atoms with Crippen LogP contribution >= 0.6 is 23.5 Å². The molecule has 35 heavy (non-hydrogen) atoms. The van der Waals surface area contributed by atoms with E-state index in [1.807, 2.05) is 0 Å². The number of likely N-dealkylation sites (N-methyl/N-ethyl adjacent to an activating group) is 1. The highest BCUT2D eigenvalue weighted by atomic mass is 31.3. The number of hydrogen-bond acceptors (Lipinski definition) is 13. The molecule has 0 bridgehead atoms. The van der Waals surface area contributed by atoms with Gasteiger partial charge < -0.3 is 40.5 Å². The molecule has 1 saturated heterocycles. The number of ether oxygens (including phenoxy) is 1. The first-order chi connectivity index (χ1) is 16.0. The Morgan fingerprint density at radius 3 is 2.54 bits per heavy atom. The van der Waals surface area contributed by atoms with Crippen LogP contribution in [-0.4, -0.2) is 82.3 Å². The third kappa shape index (κ3) is 6.20. The highest BCUT2D eigenvalue weighted by Crippen LogP contribution is 2.66. The molecule has 0 amide bonds. The number of imidazole rings is 1. The molecule has 2 aromatic rings. The summed E-state index contributed by atoms with van der Waals surface area (Å²) in [6.07, 6.45) is -5.05. The number of fused-ring (bicyclic) bond motifs is 1. The van der Waals surface area contributed by atoms with Crippen molar-refractivity contribution in [3.63, 3.8) is 0 Å².